The van der Waals surface area contributed by atoms with Crippen LogP contribution in [0.25, 0.3) is 0 Å². The third-order valence-corrected chi connectivity index (χ3v) is 1.97. The molecule has 18 heavy (non-hydrogen) atoms. The fraction of sp³-hybridized carbons (Fsp3) is 0.833. The number of carboxylic acid groups (broad SMARTS) is 2. The van der Waals surface area contributed by atoms with Gasteiger partial charge in [0.1, 0.15) is 0 Å². The van der Waals surface area contributed by atoms with Gasteiger partial charge >= 0.3 is 21.0 Å². The van der Waals surface area contributed by atoms with E-state index in [1.165, 1.54) is 0 Å². The molecule has 0 heterocycles. The second-order valence-corrected chi connectivity index (χ2v) is 3.66. The Labute approximate surface area is 118 Å². The van der Waals surface area contributed by atoms with Gasteiger partial charge in [0, 0.05) is 11.9 Å². The zero-order chi connectivity index (χ0) is 14.8. The number of hydrogen-bond acceptors (Lipinski definition) is 5. The van der Waals surface area contributed by atoms with Crippen molar-refractivity contribution in [1.29, 1.82) is 0 Å². The molecule has 0 rings (SSSR count). The Kier molecular flexibility index (Phi) is 27.0. The van der Waals surface area contributed by atoms with E-state index < -0.39 is 11.9 Å². The fourth-order valence-electron chi connectivity index (χ4n) is 1.04. The summed E-state index contributed by atoms with van der Waals surface area (Å²) in [5.74, 6) is -1.86. The number of carbonyl (C=O) groups is 2. The molecule has 0 aromatic heterocycles. The van der Waals surface area contributed by atoms with Gasteiger partial charge in [0.15, 0.2) is 0 Å². The van der Waals surface area contributed by atoms with E-state index in [4.69, 9.17) is 3.67 Å². The Bertz CT molecular complexity index is 177. The molecule has 0 aromatic carbocycles. The molecule has 0 radical (unpaired) electrons. The molecule has 0 saturated carbocycles. The van der Waals surface area contributed by atoms with Crippen LogP contribution in [0.3, 0.4) is 0 Å². The fourth-order valence-corrected chi connectivity index (χ4v) is 1.04. The first-order valence-corrected chi connectivity index (χ1v) is 6.69. The Morgan fingerprint density at radius 3 is 1.22 bits per heavy atom. The van der Waals surface area contributed by atoms with Crippen LogP contribution in [-0.4, -0.2) is 11.9 Å². The van der Waals surface area contributed by atoms with E-state index in [1.807, 2.05) is 13.8 Å². The first-order valence-electron chi connectivity index (χ1n) is 6.12. The van der Waals surface area contributed by atoms with Gasteiger partial charge in [-0.1, -0.05) is 39.5 Å². The van der Waals surface area contributed by atoms with E-state index in [9.17, 15) is 19.8 Å². The normalized spacial score (nSPS) is 8.44. The summed E-state index contributed by atoms with van der Waals surface area (Å²) < 4.78 is 8.19. The van der Waals surface area contributed by atoms with E-state index in [0.717, 1.165) is 55.9 Å². The summed E-state index contributed by atoms with van der Waals surface area (Å²) in [5.41, 5.74) is 0. The second-order valence-electron chi connectivity index (χ2n) is 3.66. The molecule has 0 aromatic rings. The minimum atomic E-state index is -0.932. The summed E-state index contributed by atoms with van der Waals surface area (Å²) in [7, 11) is 0. The Morgan fingerprint density at radius 2 is 1.06 bits per heavy atom. The molecule has 0 unspecified atom stereocenters. The summed E-state index contributed by atoms with van der Waals surface area (Å²) in [5, 5.41) is 19.5. The van der Waals surface area contributed by atoms with Crippen LogP contribution < -0.4 is 10.2 Å². The van der Waals surface area contributed by atoms with Gasteiger partial charge < -0.3 is 19.8 Å². The van der Waals surface area contributed by atoms with Gasteiger partial charge in [-0.2, -0.15) is 0 Å². The summed E-state index contributed by atoms with van der Waals surface area (Å²) >= 11 is 1.06. The van der Waals surface area contributed by atoms with Crippen molar-refractivity contribution < 1.29 is 40.8 Å². The molecule has 105 valence electrons. The first kappa shape index (κ1) is 22.5. The van der Waals surface area contributed by atoms with Crippen molar-refractivity contribution >= 4 is 11.9 Å². The van der Waals surface area contributed by atoms with Crippen LogP contribution >= 0.6 is 0 Å². The van der Waals surface area contributed by atoms with Crippen LogP contribution in [0.1, 0.15) is 65.2 Å². The maximum absolute atomic E-state index is 9.76. The average Bonchev–Trinajstić information content (AvgIpc) is 2.32. The van der Waals surface area contributed by atoms with Crippen LogP contribution in [-0.2, 0) is 30.6 Å². The third kappa shape index (κ3) is 36.2. The molecule has 0 spiro atoms. The number of unbranched alkanes of at least 4 members (excludes halogenated alkanes) is 4. The van der Waals surface area contributed by atoms with Crippen molar-refractivity contribution in [3.05, 3.63) is 0 Å². The first-order chi connectivity index (χ1) is 8.54. The average molecular weight is 297 g/mol. The minimum absolute atomic E-state index is 0.216. The van der Waals surface area contributed by atoms with Crippen LogP contribution in [0.2, 0.25) is 0 Å². The predicted molar refractivity (Wildman–Crippen MR) is 59.0 cm³/mol. The Morgan fingerprint density at radius 1 is 0.778 bits per heavy atom. The summed E-state index contributed by atoms with van der Waals surface area (Å²) in [6, 6.07) is 0. The molecule has 0 N–H and O–H groups in total. The van der Waals surface area contributed by atoms with Crippen LogP contribution in [0.15, 0.2) is 0 Å². The van der Waals surface area contributed by atoms with Gasteiger partial charge in [-0.15, -0.1) is 0 Å². The molecule has 0 aliphatic rings. The molecule has 0 amide bonds. The molecule has 0 aliphatic carbocycles. The monoisotopic (exact) mass is 297 g/mol. The van der Waals surface area contributed by atoms with Crippen molar-refractivity contribution in [3.8, 4) is 0 Å². The van der Waals surface area contributed by atoms with Crippen molar-refractivity contribution in [2.24, 2.45) is 0 Å². The molecular formula is C12H22O5V. The molecule has 0 saturated heterocycles. The Hall–Kier alpha value is -0.676. The number of carboxylic acids is 2. The summed E-state index contributed by atoms with van der Waals surface area (Å²) in [6.45, 7) is 4.07. The van der Waals surface area contributed by atoms with E-state index in [1.54, 1.807) is 0 Å². The van der Waals surface area contributed by atoms with Gasteiger partial charge in [0.05, 0.1) is 0 Å². The van der Waals surface area contributed by atoms with Crippen molar-refractivity contribution in [2.45, 2.75) is 65.2 Å². The quantitative estimate of drug-likeness (QED) is 0.608. The van der Waals surface area contributed by atoms with Gasteiger partial charge in [-0.25, -0.2) is 0 Å². The van der Waals surface area contributed by atoms with Gasteiger partial charge in [-0.05, 0) is 25.7 Å². The molecular weight excluding hydrogens is 275 g/mol. The molecule has 0 atom stereocenters. The SMILES string of the molecule is CCCCCC(=O)[O-].CCCCCC(=O)[O-].[O]=[V+2]. The number of aliphatic carboxylic acids is 2. The van der Waals surface area contributed by atoms with Gasteiger partial charge in [0.2, 0.25) is 0 Å². The molecule has 6 heteroatoms. The van der Waals surface area contributed by atoms with Gasteiger partial charge in [-0.3, -0.25) is 0 Å². The number of carbonyl (C=O) groups excluding carboxylic acids is 2. The van der Waals surface area contributed by atoms with E-state index in [2.05, 4.69) is 0 Å². The van der Waals surface area contributed by atoms with Crippen LogP contribution in [0, 0.1) is 0 Å². The van der Waals surface area contributed by atoms with E-state index >= 15 is 0 Å². The van der Waals surface area contributed by atoms with Crippen molar-refractivity contribution in [3.63, 3.8) is 0 Å². The Balaban J connectivity index is -0.000000219. The zero-order valence-corrected chi connectivity index (χ0v) is 12.5. The van der Waals surface area contributed by atoms with Crippen molar-refractivity contribution in [1.82, 2.24) is 0 Å². The zero-order valence-electron chi connectivity index (χ0n) is 11.1. The summed E-state index contributed by atoms with van der Waals surface area (Å²) in [6.07, 6.45) is 6.07. The van der Waals surface area contributed by atoms with E-state index in [-0.39, 0.29) is 12.8 Å². The summed E-state index contributed by atoms with van der Waals surface area (Å²) in [4.78, 5) is 19.5. The number of rotatable bonds is 8. The van der Waals surface area contributed by atoms with Crippen molar-refractivity contribution in [2.75, 3.05) is 0 Å². The van der Waals surface area contributed by atoms with Crippen LogP contribution in [0.4, 0.5) is 0 Å². The third-order valence-electron chi connectivity index (χ3n) is 1.97. The van der Waals surface area contributed by atoms with Crippen LogP contribution in [0.5, 0.6) is 0 Å². The maximum atomic E-state index is 9.76. The molecule has 0 fully saturated rings. The molecule has 5 nitrogen and oxygen atoms in total. The topological polar surface area (TPSA) is 97.3 Å². The predicted octanol–water partition coefficient (Wildman–Crippen LogP) is 0.512. The molecule has 0 aliphatic heterocycles. The van der Waals surface area contributed by atoms with Gasteiger partial charge in [0.25, 0.3) is 0 Å². The number of hydrogen-bond donors (Lipinski definition) is 0. The second kappa shape index (κ2) is 21.6. The van der Waals surface area contributed by atoms with E-state index in [0.29, 0.717) is 0 Å². The standard InChI is InChI=1S/2C6H12O2.O.V/c2*1-2-3-4-5-6(7)8;;/h2*2-5H2,1H3,(H,7,8);;/q;;;+2/p-2. The molecule has 0 bridgehead atoms.